The van der Waals surface area contributed by atoms with E-state index in [9.17, 15) is 0 Å². The number of aliphatic hydroxyl groups excluding tert-OH is 1. The molecular formula is C5H10O3. The largest absolute Gasteiger partial charge is 0.368 e. The van der Waals surface area contributed by atoms with E-state index in [2.05, 4.69) is 4.74 Å². The lowest BCUT2D eigenvalue weighted by Gasteiger charge is -2.23. The minimum Gasteiger partial charge on any atom is -0.368 e. The summed E-state index contributed by atoms with van der Waals surface area (Å²) in [5.41, 5.74) is 0. The lowest BCUT2D eigenvalue weighted by Crippen LogP contribution is -2.28. The Morgan fingerprint density at radius 1 is 1.50 bits per heavy atom. The molecule has 1 saturated heterocycles. The Morgan fingerprint density at radius 2 is 2.25 bits per heavy atom. The summed E-state index contributed by atoms with van der Waals surface area (Å²) in [6.07, 6.45) is 0.109. The van der Waals surface area contributed by atoms with Gasteiger partial charge in [0, 0.05) is 6.42 Å². The molecule has 0 saturated carbocycles. The summed E-state index contributed by atoms with van der Waals surface area (Å²) >= 11 is 0. The predicted octanol–water partition coefficient (Wildman–Crippen LogP) is 0.0877. The van der Waals surface area contributed by atoms with Crippen molar-refractivity contribution >= 4 is 0 Å². The molecule has 1 aliphatic heterocycles. The van der Waals surface area contributed by atoms with Crippen molar-refractivity contribution in [2.24, 2.45) is 0 Å². The molecule has 2 atom stereocenters. The number of hydrogen-bond acceptors (Lipinski definition) is 3. The summed E-state index contributed by atoms with van der Waals surface area (Å²) in [6.45, 7) is 2.13. The molecule has 1 aliphatic rings. The number of hydrogen-bond donors (Lipinski definition) is 1. The Bertz CT molecular complexity index is 66.1. The van der Waals surface area contributed by atoms with Gasteiger partial charge in [-0.25, -0.2) is 0 Å². The fourth-order valence-electron chi connectivity index (χ4n) is 0.654. The molecule has 8 heavy (non-hydrogen) atoms. The van der Waals surface area contributed by atoms with Crippen LogP contribution in [-0.4, -0.2) is 24.3 Å². The molecule has 48 valence electrons. The van der Waals surface area contributed by atoms with Crippen LogP contribution in [0.3, 0.4) is 0 Å². The maximum absolute atomic E-state index is 8.78. The van der Waals surface area contributed by atoms with E-state index in [-0.39, 0.29) is 12.9 Å². The zero-order chi connectivity index (χ0) is 5.98. The van der Waals surface area contributed by atoms with Crippen molar-refractivity contribution in [3.63, 3.8) is 0 Å². The third kappa shape index (κ3) is 1.43. The van der Waals surface area contributed by atoms with Crippen molar-refractivity contribution in [2.75, 3.05) is 6.79 Å². The van der Waals surface area contributed by atoms with E-state index in [0.29, 0.717) is 6.42 Å². The third-order valence-electron chi connectivity index (χ3n) is 1.15. The van der Waals surface area contributed by atoms with Gasteiger partial charge >= 0.3 is 0 Å². The summed E-state index contributed by atoms with van der Waals surface area (Å²) in [5, 5.41) is 8.78. The van der Waals surface area contributed by atoms with Crippen molar-refractivity contribution in [2.45, 2.75) is 25.7 Å². The second kappa shape index (κ2) is 2.44. The van der Waals surface area contributed by atoms with Crippen LogP contribution in [0.15, 0.2) is 0 Å². The average Bonchev–Trinajstić information content (AvgIpc) is 1.64. The summed E-state index contributed by atoms with van der Waals surface area (Å²) in [7, 11) is 0. The van der Waals surface area contributed by atoms with Gasteiger partial charge in [0.05, 0.1) is 6.10 Å². The van der Waals surface area contributed by atoms with E-state index >= 15 is 0 Å². The zero-order valence-corrected chi connectivity index (χ0v) is 4.83. The molecule has 0 aromatic heterocycles. The summed E-state index contributed by atoms with van der Waals surface area (Å²) in [4.78, 5) is 0. The van der Waals surface area contributed by atoms with Crippen LogP contribution in [0.5, 0.6) is 0 Å². The number of rotatable bonds is 0. The van der Waals surface area contributed by atoms with E-state index in [1.165, 1.54) is 0 Å². The average molecular weight is 118 g/mol. The molecule has 3 heteroatoms. The summed E-state index contributed by atoms with van der Waals surface area (Å²) in [6, 6.07) is 0. The first-order chi connectivity index (χ1) is 3.79. The van der Waals surface area contributed by atoms with Crippen molar-refractivity contribution in [3.05, 3.63) is 0 Å². The maximum Gasteiger partial charge on any atom is 0.159 e. The Hall–Kier alpha value is -0.120. The maximum atomic E-state index is 8.78. The molecule has 0 aromatic carbocycles. The van der Waals surface area contributed by atoms with E-state index in [1.807, 2.05) is 6.92 Å². The topological polar surface area (TPSA) is 38.7 Å². The number of aliphatic hydroxyl groups is 1. The molecule has 0 radical (unpaired) electrons. The molecule has 3 nitrogen and oxygen atoms in total. The molecule has 0 aromatic rings. The van der Waals surface area contributed by atoms with Crippen LogP contribution < -0.4 is 0 Å². The van der Waals surface area contributed by atoms with Gasteiger partial charge in [-0.3, -0.25) is 0 Å². The lowest BCUT2D eigenvalue weighted by molar-refractivity contribution is -0.236. The van der Waals surface area contributed by atoms with Gasteiger partial charge < -0.3 is 14.6 Å². The second-order valence-electron chi connectivity index (χ2n) is 1.95. The molecule has 0 spiro atoms. The van der Waals surface area contributed by atoms with Crippen LogP contribution in [0, 0.1) is 0 Å². The standard InChI is InChI=1S/C5H10O3/c1-4-2-5(6)8-3-7-4/h4-6H,2-3H2,1H3. The van der Waals surface area contributed by atoms with Gasteiger partial charge in [0.25, 0.3) is 0 Å². The molecule has 1 rings (SSSR count). The molecule has 1 fully saturated rings. The fraction of sp³-hybridized carbons (Fsp3) is 1.00. The van der Waals surface area contributed by atoms with E-state index in [1.54, 1.807) is 0 Å². The molecule has 1 N–H and O–H groups in total. The lowest BCUT2D eigenvalue weighted by atomic mass is 10.3. The van der Waals surface area contributed by atoms with Crippen LogP contribution in [0.4, 0.5) is 0 Å². The van der Waals surface area contributed by atoms with Gasteiger partial charge in [-0.15, -0.1) is 0 Å². The van der Waals surface area contributed by atoms with Gasteiger partial charge in [0.2, 0.25) is 0 Å². The van der Waals surface area contributed by atoms with Crippen molar-refractivity contribution in [1.29, 1.82) is 0 Å². The zero-order valence-electron chi connectivity index (χ0n) is 4.83. The van der Waals surface area contributed by atoms with Crippen LogP contribution in [0.1, 0.15) is 13.3 Å². The van der Waals surface area contributed by atoms with Crippen LogP contribution >= 0.6 is 0 Å². The highest BCUT2D eigenvalue weighted by Gasteiger charge is 2.15. The summed E-state index contributed by atoms with van der Waals surface area (Å²) < 4.78 is 9.65. The first-order valence-electron chi connectivity index (χ1n) is 2.70. The van der Waals surface area contributed by atoms with Crippen LogP contribution in [0.25, 0.3) is 0 Å². The van der Waals surface area contributed by atoms with Crippen molar-refractivity contribution in [1.82, 2.24) is 0 Å². The van der Waals surface area contributed by atoms with Gasteiger partial charge in [0.15, 0.2) is 6.29 Å². The second-order valence-corrected chi connectivity index (χ2v) is 1.95. The first kappa shape index (κ1) is 6.01. The third-order valence-corrected chi connectivity index (χ3v) is 1.15. The normalized spacial score (nSPS) is 39.8. The Morgan fingerprint density at radius 3 is 2.62 bits per heavy atom. The molecule has 0 bridgehead atoms. The highest BCUT2D eigenvalue weighted by atomic mass is 16.7. The van der Waals surface area contributed by atoms with Gasteiger partial charge in [0.1, 0.15) is 6.79 Å². The van der Waals surface area contributed by atoms with Crippen molar-refractivity contribution < 1.29 is 14.6 Å². The Labute approximate surface area is 48.2 Å². The monoisotopic (exact) mass is 118 g/mol. The quantitative estimate of drug-likeness (QED) is 0.490. The van der Waals surface area contributed by atoms with E-state index in [4.69, 9.17) is 9.84 Å². The predicted molar refractivity (Wildman–Crippen MR) is 27.1 cm³/mol. The van der Waals surface area contributed by atoms with Crippen LogP contribution in [0.2, 0.25) is 0 Å². The minimum atomic E-state index is -0.612. The summed E-state index contributed by atoms with van der Waals surface area (Å²) in [5.74, 6) is 0. The minimum absolute atomic E-state index is 0.138. The number of ether oxygens (including phenoxy) is 2. The van der Waals surface area contributed by atoms with E-state index in [0.717, 1.165) is 0 Å². The Kier molecular flexibility index (Phi) is 1.83. The van der Waals surface area contributed by atoms with Crippen molar-refractivity contribution in [3.8, 4) is 0 Å². The Balaban J connectivity index is 2.23. The SMILES string of the molecule is CC1CC(O)OCO1. The molecule has 1 heterocycles. The van der Waals surface area contributed by atoms with E-state index < -0.39 is 6.29 Å². The fourth-order valence-corrected chi connectivity index (χ4v) is 0.654. The van der Waals surface area contributed by atoms with Gasteiger partial charge in [-0.05, 0) is 6.92 Å². The van der Waals surface area contributed by atoms with Gasteiger partial charge in [-0.2, -0.15) is 0 Å². The van der Waals surface area contributed by atoms with Gasteiger partial charge in [-0.1, -0.05) is 0 Å². The highest BCUT2D eigenvalue weighted by molar-refractivity contribution is 4.54. The smallest absolute Gasteiger partial charge is 0.159 e. The molecular weight excluding hydrogens is 108 g/mol. The van der Waals surface area contributed by atoms with Crippen LogP contribution in [-0.2, 0) is 9.47 Å². The highest BCUT2D eigenvalue weighted by Crippen LogP contribution is 2.09. The molecule has 0 amide bonds. The first-order valence-corrected chi connectivity index (χ1v) is 2.70. The molecule has 2 unspecified atom stereocenters. The molecule has 0 aliphatic carbocycles.